The van der Waals surface area contributed by atoms with Gasteiger partial charge in [-0.1, -0.05) is 48.0 Å². The van der Waals surface area contributed by atoms with Gasteiger partial charge in [-0.05, 0) is 29.8 Å². The minimum atomic E-state index is -0.363. The first-order chi connectivity index (χ1) is 14.4. The molecule has 1 unspecified atom stereocenters. The molecule has 1 N–H and O–H groups in total. The fourth-order valence-corrected chi connectivity index (χ4v) is 3.87. The predicted octanol–water partition coefficient (Wildman–Crippen LogP) is 4.44. The van der Waals surface area contributed by atoms with Gasteiger partial charge in [0.25, 0.3) is 5.91 Å². The maximum absolute atomic E-state index is 13.8. The molecule has 0 radical (unpaired) electrons. The molecule has 0 spiro atoms. The number of hydrogen-bond donors (Lipinski definition) is 1. The van der Waals surface area contributed by atoms with E-state index in [0.717, 1.165) is 5.56 Å². The number of urea groups is 1. The van der Waals surface area contributed by atoms with E-state index in [2.05, 4.69) is 5.32 Å². The number of rotatable bonds is 5. The van der Waals surface area contributed by atoms with Gasteiger partial charge < -0.3 is 10.2 Å². The Bertz CT molecular complexity index is 1070. The summed E-state index contributed by atoms with van der Waals surface area (Å²) in [6.45, 7) is 0.940. The van der Waals surface area contributed by atoms with Crippen molar-refractivity contribution in [3.8, 4) is 0 Å². The van der Waals surface area contributed by atoms with Crippen molar-refractivity contribution in [2.75, 3.05) is 18.5 Å². The van der Waals surface area contributed by atoms with Crippen LogP contribution in [0.25, 0.3) is 0 Å². The molecule has 3 amide bonds. The van der Waals surface area contributed by atoms with E-state index in [-0.39, 0.29) is 30.2 Å². The largest absolute Gasteiger partial charge is 0.348 e. The highest BCUT2D eigenvalue weighted by atomic mass is 35.5. The van der Waals surface area contributed by atoms with Crippen molar-refractivity contribution in [2.24, 2.45) is 5.92 Å². The third-order valence-corrected chi connectivity index (χ3v) is 5.74. The van der Waals surface area contributed by atoms with E-state index in [1.807, 2.05) is 24.3 Å². The highest BCUT2D eigenvalue weighted by Gasteiger charge is 2.31. The van der Waals surface area contributed by atoms with Crippen LogP contribution in [0.15, 0.2) is 65.7 Å². The zero-order valence-corrected chi connectivity index (χ0v) is 17.2. The van der Waals surface area contributed by atoms with Crippen molar-refractivity contribution < 1.29 is 14.0 Å². The number of anilines is 1. The lowest BCUT2D eigenvalue weighted by Crippen LogP contribution is -2.47. The third kappa shape index (κ3) is 3.96. The molecule has 7 heteroatoms. The Kier molecular flexibility index (Phi) is 5.59. The smallest absolute Gasteiger partial charge is 0.324 e. The molecule has 1 aliphatic heterocycles. The number of nitrogens with zero attached hydrogens (tertiary/aromatic N) is 2. The van der Waals surface area contributed by atoms with Crippen LogP contribution in [0.2, 0.25) is 0 Å². The number of carbonyl (C=O) groups excluding carboxylic acids is 2. The number of nitrogens with one attached hydrogen (secondary N) is 1. The van der Waals surface area contributed by atoms with E-state index in [1.165, 1.54) is 6.07 Å². The summed E-state index contributed by atoms with van der Waals surface area (Å²) in [5, 5.41) is 3.42. The number of fused-ring (bicyclic) bond motifs is 1. The van der Waals surface area contributed by atoms with Crippen LogP contribution in [-0.2, 0) is 13.1 Å². The van der Waals surface area contributed by atoms with Crippen LogP contribution in [0.4, 0.5) is 14.9 Å². The van der Waals surface area contributed by atoms with Crippen LogP contribution in [0.3, 0.4) is 0 Å². The second-order valence-electron chi connectivity index (χ2n) is 7.41. The first-order valence-electron chi connectivity index (χ1n) is 9.65. The molecule has 5 nitrogen and oxygen atoms in total. The summed E-state index contributed by atoms with van der Waals surface area (Å²) in [7, 11) is 1.75. The molecule has 2 aromatic carbocycles. The zero-order chi connectivity index (χ0) is 21.3. The molecule has 0 bridgehead atoms. The van der Waals surface area contributed by atoms with Crippen molar-refractivity contribution in [3.63, 3.8) is 0 Å². The van der Waals surface area contributed by atoms with Gasteiger partial charge in [-0.15, -0.1) is 0 Å². The lowest BCUT2D eigenvalue weighted by atomic mass is 10.0. The van der Waals surface area contributed by atoms with Gasteiger partial charge in [0, 0.05) is 48.8 Å². The molecule has 4 rings (SSSR count). The average molecular weight is 426 g/mol. The normalized spacial score (nSPS) is 17.8. The molecule has 0 saturated carbocycles. The van der Waals surface area contributed by atoms with E-state index in [4.69, 9.17) is 11.6 Å². The molecule has 2 aliphatic rings. The van der Waals surface area contributed by atoms with Gasteiger partial charge >= 0.3 is 6.03 Å². The molecule has 0 fully saturated rings. The Morgan fingerprint density at radius 3 is 2.80 bits per heavy atom. The highest BCUT2D eigenvalue weighted by Crippen LogP contribution is 2.33. The molecular weight excluding hydrogens is 405 g/mol. The lowest BCUT2D eigenvalue weighted by molar-refractivity contribution is 0.0950. The molecule has 2 aromatic rings. The summed E-state index contributed by atoms with van der Waals surface area (Å²) in [4.78, 5) is 28.8. The van der Waals surface area contributed by atoms with Crippen molar-refractivity contribution in [2.45, 2.75) is 13.1 Å². The molecule has 30 heavy (non-hydrogen) atoms. The van der Waals surface area contributed by atoms with Gasteiger partial charge in [-0.2, -0.15) is 0 Å². The highest BCUT2D eigenvalue weighted by molar-refractivity contribution is 6.30. The van der Waals surface area contributed by atoms with E-state index in [0.29, 0.717) is 34.9 Å². The Hall–Kier alpha value is -3.12. The zero-order valence-electron chi connectivity index (χ0n) is 16.4. The van der Waals surface area contributed by atoms with Crippen LogP contribution in [0.5, 0.6) is 0 Å². The number of amides is 3. The van der Waals surface area contributed by atoms with Gasteiger partial charge in [-0.3, -0.25) is 9.69 Å². The average Bonchev–Trinajstić information content (AvgIpc) is 3.14. The van der Waals surface area contributed by atoms with E-state index >= 15 is 0 Å². The van der Waals surface area contributed by atoms with Gasteiger partial charge in [-0.25, -0.2) is 9.18 Å². The monoisotopic (exact) mass is 425 g/mol. The molecule has 0 saturated heterocycles. The Morgan fingerprint density at radius 2 is 2.07 bits per heavy atom. The van der Waals surface area contributed by atoms with E-state index in [1.54, 1.807) is 47.2 Å². The lowest BCUT2D eigenvalue weighted by Gasteiger charge is -2.36. The Balaban J connectivity index is 1.56. The van der Waals surface area contributed by atoms with Gasteiger partial charge in [0.1, 0.15) is 5.82 Å². The number of hydrogen-bond acceptors (Lipinski definition) is 2. The summed E-state index contributed by atoms with van der Waals surface area (Å²) in [6, 6.07) is 11.5. The molecule has 1 aliphatic carbocycles. The molecule has 154 valence electrons. The van der Waals surface area contributed by atoms with Gasteiger partial charge in [0.05, 0.1) is 5.69 Å². The van der Waals surface area contributed by atoms with Crippen LogP contribution in [0, 0.1) is 11.7 Å². The summed E-state index contributed by atoms with van der Waals surface area (Å²) in [6.07, 6.45) is 5.64. The fraction of sp³-hybridized carbons (Fsp3) is 0.217. The topological polar surface area (TPSA) is 52.7 Å². The van der Waals surface area contributed by atoms with Crippen LogP contribution in [0.1, 0.15) is 21.5 Å². The number of halogens is 2. The summed E-state index contributed by atoms with van der Waals surface area (Å²) in [5.74, 6) is -0.767. The predicted molar refractivity (Wildman–Crippen MR) is 115 cm³/mol. The van der Waals surface area contributed by atoms with Gasteiger partial charge in [0.2, 0.25) is 0 Å². The van der Waals surface area contributed by atoms with E-state index in [9.17, 15) is 14.0 Å². The second-order valence-corrected chi connectivity index (χ2v) is 7.85. The first-order valence-corrected chi connectivity index (χ1v) is 10.0. The molecule has 0 aromatic heterocycles. The minimum Gasteiger partial charge on any atom is -0.348 e. The van der Waals surface area contributed by atoms with Crippen LogP contribution >= 0.6 is 11.6 Å². The first kappa shape index (κ1) is 20.2. The molecule has 1 heterocycles. The maximum Gasteiger partial charge on any atom is 0.324 e. The minimum absolute atomic E-state index is 0.0755. The fourth-order valence-electron chi connectivity index (χ4n) is 3.66. The standard InChI is InChI=1S/C23H21ClFN3O2/c1-27-13-18-10-9-15(22(29)26-12-16-5-2-3-8-20(16)25)11-21(18)28(23(27)30)14-17-6-4-7-19(17)24/h2-11,17H,12-14H2,1H3,(H,26,29). The number of benzene rings is 2. The number of allylic oxidation sites excluding steroid dienone is 2. The third-order valence-electron chi connectivity index (χ3n) is 5.33. The second kappa shape index (κ2) is 8.32. The van der Waals surface area contributed by atoms with Crippen molar-refractivity contribution in [1.29, 1.82) is 0 Å². The SMILES string of the molecule is CN1Cc2ccc(C(=O)NCc3ccccc3F)cc2N(CC2C=CC=C2Cl)C1=O. The molecule has 1 atom stereocenters. The van der Waals surface area contributed by atoms with Crippen LogP contribution < -0.4 is 10.2 Å². The summed E-state index contributed by atoms with van der Waals surface area (Å²) < 4.78 is 13.8. The van der Waals surface area contributed by atoms with Crippen LogP contribution in [-0.4, -0.2) is 30.4 Å². The Labute approximate surface area is 179 Å². The molecular formula is C23H21ClFN3O2. The number of carbonyl (C=O) groups is 2. The van der Waals surface area contributed by atoms with E-state index < -0.39 is 0 Å². The van der Waals surface area contributed by atoms with Crippen molar-refractivity contribution in [1.82, 2.24) is 10.2 Å². The Morgan fingerprint density at radius 1 is 1.27 bits per heavy atom. The quantitative estimate of drug-likeness (QED) is 0.770. The van der Waals surface area contributed by atoms with Gasteiger partial charge in [0.15, 0.2) is 0 Å². The summed E-state index contributed by atoms with van der Waals surface area (Å²) >= 11 is 6.25. The van der Waals surface area contributed by atoms with Crippen molar-refractivity contribution >= 4 is 29.2 Å². The summed E-state index contributed by atoms with van der Waals surface area (Å²) in [5.41, 5.74) is 2.47. The van der Waals surface area contributed by atoms with Crippen molar-refractivity contribution in [3.05, 3.63) is 88.2 Å². The maximum atomic E-state index is 13.8.